The van der Waals surface area contributed by atoms with Crippen LogP contribution in [0, 0.1) is 18.8 Å². The van der Waals surface area contributed by atoms with Gasteiger partial charge in [0, 0.05) is 0 Å². The smallest absolute Gasteiger partial charge is 0.309 e. The van der Waals surface area contributed by atoms with Crippen molar-refractivity contribution in [3.8, 4) is 0 Å². The Kier molecular flexibility index (Phi) is 2.46. The largest absolute Gasteiger partial charge is 0.452 e. The van der Waals surface area contributed by atoms with Crippen LogP contribution in [0.2, 0.25) is 0 Å². The highest BCUT2D eigenvalue weighted by Gasteiger charge is 2.41. The van der Waals surface area contributed by atoms with E-state index in [-0.39, 0.29) is 11.9 Å². The molecule has 1 aromatic heterocycles. The number of rotatable bonds is 3. The maximum atomic E-state index is 11.5. The van der Waals surface area contributed by atoms with Crippen LogP contribution in [0.15, 0.2) is 4.52 Å². The first-order chi connectivity index (χ1) is 7.08. The van der Waals surface area contributed by atoms with Crippen molar-refractivity contribution in [3.05, 3.63) is 11.7 Å². The molecule has 1 heterocycles. The molecular formula is C10H14N2O3. The van der Waals surface area contributed by atoms with Crippen LogP contribution in [0.1, 0.15) is 38.1 Å². The maximum absolute atomic E-state index is 11.5. The van der Waals surface area contributed by atoms with Gasteiger partial charge in [-0.05, 0) is 26.2 Å². The van der Waals surface area contributed by atoms with Crippen molar-refractivity contribution in [2.45, 2.75) is 33.3 Å². The van der Waals surface area contributed by atoms with Crippen molar-refractivity contribution in [2.75, 3.05) is 0 Å². The maximum Gasteiger partial charge on any atom is 0.309 e. The average molecular weight is 210 g/mol. The molecule has 82 valence electrons. The van der Waals surface area contributed by atoms with Gasteiger partial charge < -0.3 is 9.26 Å². The first-order valence-electron chi connectivity index (χ1n) is 5.08. The minimum absolute atomic E-state index is 0.0662. The van der Waals surface area contributed by atoms with Crippen molar-refractivity contribution in [1.82, 2.24) is 10.1 Å². The second-order valence-corrected chi connectivity index (χ2v) is 4.08. The first-order valence-corrected chi connectivity index (χ1v) is 5.08. The topological polar surface area (TPSA) is 65.2 Å². The highest BCUT2D eigenvalue weighted by molar-refractivity contribution is 5.75. The van der Waals surface area contributed by atoms with Gasteiger partial charge >= 0.3 is 5.97 Å². The van der Waals surface area contributed by atoms with Gasteiger partial charge in [0.05, 0.1) is 5.92 Å². The van der Waals surface area contributed by atoms with Crippen molar-refractivity contribution in [3.63, 3.8) is 0 Å². The molecular weight excluding hydrogens is 196 g/mol. The van der Waals surface area contributed by atoms with Gasteiger partial charge in [0.1, 0.15) is 0 Å². The molecule has 0 aromatic carbocycles. The molecule has 5 heteroatoms. The molecule has 1 fully saturated rings. The Hall–Kier alpha value is -1.39. The summed E-state index contributed by atoms with van der Waals surface area (Å²) in [5.74, 6) is 1.26. The highest BCUT2D eigenvalue weighted by atomic mass is 16.6. The van der Waals surface area contributed by atoms with E-state index in [1.54, 1.807) is 13.8 Å². The summed E-state index contributed by atoms with van der Waals surface area (Å²) in [5.41, 5.74) is 0. The van der Waals surface area contributed by atoms with Crippen LogP contribution in [-0.4, -0.2) is 16.1 Å². The van der Waals surface area contributed by atoms with Crippen LogP contribution in [-0.2, 0) is 9.53 Å². The molecule has 2 rings (SSSR count). The van der Waals surface area contributed by atoms with Gasteiger partial charge in [0.25, 0.3) is 5.89 Å². The lowest BCUT2D eigenvalue weighted by Gasteiger charge is -2.08. The van der Waals surface area contributed by atoms with Gasteiger partial charge in [-0.3, -0.25) is 4.79 Å². The lowest BCUT2D eigenvalue weighted by molar-refractivity contribution is -0.151. The second kappa shape index (κ2) is 3.64. The molecule has 1 aromatic rings. The van der Waals surface area contributed by atoms with E-state index in [1.807, 2.05) is 6.92 Å². The molecule has 0 saturated heterocycles. The Labute approximate surface area is 87.8 Å². The molecule has 1 aliphatic carbocycles. The minimum Gasteiger partial charge on any atom is -0.452 e. The van der Waals surface area contributed by atoms with Crippen LogP contribution < -0.4 is 0 Å². The number of aromatic nitrogens is 2. The fourth-order valence-electron chi connectivity index (χ4n) is 1.44. The number of hydrogen-bond donors (Lipinski definition) is 0. The zero-order valence-corrected chi connectivity index (χ0v) is 9.06. The van der Waals surface area contributed by atoms with Crippen LogP contribution in [0.3, 0.4) is 0 Å². The minimum atomic E-state index is -0.452. The number of hydrogen-bond acceptors (Lipinski definition) is 5. The van der Waals surface area contributed by atoms with Crippen LogP contribution >= 0.6 is 0 Å². The SMILES string of the molecule is Cc1noc(C(C)OC(=O)C2CC2C)n1. The van der Waals surface area contributed by atoms with E-state index < -0.39 is 6.10 Å². The van der Waals surface area contributed by atoms with Gasteiger partial charge in [-0.2, -0.15) is 4.98 Å². The Balaban J connectivity index is 1.92. The van der Waals surface area contributed by atoms with Crippen molar-refractivity contribution in [1.29, 1.82) is 0 Å². The molecule has 0 N–H and O–H groups in total. The van der Waals surface area contributed by atoms with Gasteiger partial charge in [-0.1, -0.05) is 12.1 Å². The predicted octanol–water partition coefficient (Wildman–Crippen LogP) is 1.64. The number of nitrogens with zero attached hydrogens (tertiary/aromatic N) is 2. The summed E-state index contributed by atoms with van der Waals surface area (Å²) < 4.78 is 10.1. The molecule has 3 unspecified atom stereocenters. The first kappa shape index (κ1) is 10.1. The standard InChI is InChI=1S/C10H14N2O3/c1-5-4-8(5)10(13)14-6(2)9-11-7(3)12-15-9/h5-6,8H,4H2,1-3H3. The van der Waals surface area contributed by atoms with E-state index in [1.165, 1.54) is 0 Å². The molecule has 0 bridgehead atoms. The zero-order chi connectivity index (χ0) is 11.0. The van der Waals surface area contributed by atoms with E-state index in [9.17, 15) is 4.79 Å². The van der Waals surface area contributed by atoms with Gasteiger partial charge in [0.15, 0.2) is 11.9 Å². The molecule has 15 heavy (non-hydrogen) atoms. The van der Waals surface area contributed by atoms with E-state index >= 15 is 0 Å². The van der Waals surface area contributed by atoms with Gasteiger partial charge in [0.2, 0.25) is 0 Å². The number of carbonyl (C=O) groups is 1. The van der Waals surface area contributed by atoms with E-state index in [0.717, 1.165) is 6.42 Å². The third-order valence-corrected chi connectivity index (χ3v) is 2.60. The summed E-state index contributed by atoms with van der Waals surface area (Å²) in [4.78, 5) is 15.5. The molecule has 0 aliphatic heterocycles. The van der Waals surface area contributed by atoms with Crippen LogP contribution in [0.25, 0.3) is 0 Å². The van der Waals surface area contributed by atoms with Crippen molar-refractivity contribution < 1.29 is 14.1 Å². The number of aryl methyl sites for hydroxylation is 1. The Morgan fingerprint density at radius 3 is 2.80 bits per heavy atom. The average Bonchev–Trinajstić information content (AvgIpc) is 2.73. The summed E-state index contributed by atoms with van der Waals surface area (Å²) in [5, 5.41) is 3.64. The Morgan fingerprint density at radius 2 is 2.33 bits per heavy atom. The fraction of sp³-hybridized carbons (Fsp3) is 0.700. The van der Waals surface area contributed by atoms with Gasteiger partial charge in [-0.25, -0.2) is 0 Å². The molecule has 3 atom stereocenters. The Morgan fingerprint density at radius 1 is 1.67 bits per heavy atom. The summed E-state index contributed by atoms with van der Waals surface area (Å²) in [6.07, 6.45) is 0.473. The summed E-state index contributed by atoms with van der Waals surface area (Å²) in [6.45, 7) is 5.50. The van der Waals surface area contributed by atoms with Crippen LogP contribution in [0.4, 0.5) is 0 Å². The monoisotopic (exact) mass is 210 g/mol. The van der Waals surface area contributed by atoms with Crippen molar-refractivity contribution in [2.24, 2.45) is 11.8 Å². The van der Waals surface area contributed by atoms with E-state index in [4.69, 9.17) is 9.26 Å². The second-order valence-electron chi connectivity index (χ2n) is 4.08. The van der Waals surface area contributed by atoms with E-state index in [0.29, 0.717) is 17.6 Å². The summed E-state index contributed by atoms with van der Waals surface area (Å²) in [7, 11) is 0. The molecule has 1 aliphatic rings. The molecule has 1 saturated carbocycles. The zero-order valence-electron chi connectivity index (χ0n) is 9.06. The van der Waals surface area contributed by atoms with E-state index in [2.05, 4.69) is 10.1 Å². The van der Waals surface area contributed by atoms with Crippen molar-refractivity contribution >= 4 is 5.97 Å². The summed E-state index contributed by atoms with van der Waals surface area (Å²) >= 11 is 0. The highest BCUT2D eigenvalue weighted by Crippen LogP contribution is 2.39. The lowest BCUT2D eigenvalue weighted by atomic mass is 10.3. The quantitative estimate of drug-likeness (QED) is 0.709. The number of esters is 1. The third-order valence-electron chi connectivity index (χ3n) is 2.60. The lowest BCUT2D eigenvalue weighted by Crippen LogP contribution is -2.11. The number of ether oxygens (including phenoxy) is 1. The molecule has 5 nitrogen and oxygen atoms in total. The normalized spacial score (nSPS) is 26.1. The van der Waals surface area contributed by atoms with Gasteiger partial charge in [-0.15, -0.1) is 0 Å². The third kappa shape index (κ3) is 2.16. The van der Waals surface area contributed by atoms with Crippen LogP contribution in [0.5, 0.6) is 0 Å². The summed E-state index contributed by atoms with van der Waals surface area (Å²) in [6, 6.07) is 0. The Bertz CT molecular complexity index is 374. The fourth-order valence-corrected chi connectivity index (χ4v) is 1.44. The molecule has 0 spiro atoms. The number of carbonyl (C=O) groups excluding carboxylic acids is 1. The predicted molar refractivity (Wildman–Crippen MR) is 50.8 cm³/mol. The molecule has 0 radical (unpaired) electrons. The molecule has 0 amide bonds.